The first-order valence-corrected chi connectivity index (χ1v) is 13.1. The lowest BCUT2D eigenvalue weighted by atomic mass is 10.0. The van der Waals surface area contributed by atoms with Crippen LogP contribution in [0.4, 0.5) is 0 Å². The van der Waals surface area contributed by atoms with Crippen LogP contribution in [0, 0.1) is 11.5 Å². The van der Waals surface area contributed by atoms with Crippen molar-refractivity contribution in [2.75, 3.05) is 0 Å². The molecule has 2 aromatic carbocycles. The van der Waals surface area contributed by atoms with E-state index in [-0.39, 0.29) is 0 Å². The summed E-state index contributed by atoms with van der Waals surface area (Å²) in [5.41, 5.74) is 9.26. The van der Waals surface area contributed by atoms with Crippen molar-refractivity contribution in [2.45, 2.75) is 64.6 Å². The summed E-state index contributed by atoms with van der Waals surface area (Å²) in [7, 11) is -1.68. The maximum atomic E-state index is 6.33. The number of hydrogen-bond donors (Lipinski definition) is 0. The summed E-state index contributed by atoms with van der Waals surface area (Å²) in [6.07, 6.45) is 0.828. The summed E-state index contributed by atoms with van der Waals surface area (Å²) < 4.78 is 1.06. The highest BCUT2D eigenvalue weighted by Crippen LogP contribution is 2.40. The number of benzene rings is 2. The summed E-state index contributed by atoms with van der Waals surface area (Å²) in [4.78, 5) is 0. The van der Waals surface area contributed by atoms with Gasteiger partial charge >= 0.3 is 0 Å². The molecule has 3 heteroatoms. The second-order valence-electron chi connectivity index (χ2n) is 8.26. The van der Waals surface area contributed by atoms with Crippen LogP contribution in [-0.4, -0.2) is 8.07 Å². The smallest absolute Gasteiger partial charge is 0.0442 e. The van der Waals surface area contributed by atoms with Gasteiger partial charge in [0.05, 0.1) is 0 Å². The molecule has 0 heterocycles. The summed E-state index contributed by atoms with van der Waals surface area (Å²) in [5, 5.41) is 0.809. The van der Waals surface area contributed by atoms with Crippen LogP contribution in [0.15, 0.2) is 46.9 Å². The molecule has 2 aromatic rings. The van der Waals surface area contributed by atoms with Gasteiger partial charge in [-0.25, -0.2) is 0 Å². The van der Waals surface area contributed by atoms with Gasteiger partial charge in [0.1, 0.15) is 0 Å². The molecule has 0 fully saturated rings. The van der Waals surface area contributed by atoms with Crippen molar-refractivity contribution in [3.05, 3.63) is 68.7 Å². The fraction of sp³-hybridized carbons (Fsp3) is 0.417. The highest BCUT2D eigenvalue weighted by molar-refractivity contribution is 9.10. The zero-order valence-corrected chi connectivity index (χ0v) is 20.6. The Morgan fingerprint density at radius 1 is 0.889 bits per heavy atom. The van der Waals surface area contributed by atoms with Crippen LogP contribution >= 0.6 is 27.5 Å². The molecule has 27 heavy (non-hydrogen) atoms. The Balaban J connectivity index is 2.25. The van der Waals surface area contributed by atoms with Crippen LogP contribution in [0.25, 0.3) is 0 Å². The Morgan fingerprint density at radius 3 is 1.96 bits per heavy atom. The lowest BCUT2D eigenvalue weighted by Gasteiger charge is -2.50. The van der Waals surface area contributed by atoms with Crippen molar-refractivity contribution in [1.82, 2.24) is 0 Å². The summed E-state index contributed by atoms with van der Waals surface area (Å²) in [5.74, 6) is 3.52. The average Bonchev–Trinajstić information content (AvgIpc) is 2.59. The van der Waals surface area contributed by atoms with E-state index in [1.807, 2.05) is 12.1 Å². The average molecular weight is 462 g/mol. The van der Waals surface area contributed by atoms with Crippen LogP contribution in [0.2, 0.25) is 21.6 Å². The molecule has 0 N–H and O–H groups in total. The Morgan fingerprint density at radius 2 is 1.44 bits per heavy atom. The minimum Gasteiger partial charge on any atom is -0.278 e. The number of rotatable bonds is 5. The van der Waals surface area contributed by atoms with E-state index in [0.29, 0.717) is 16.6 Å². The monoisotopic (exact) mass is 460 g/mol. The second-order valence-corrected chi connectivity index (χ2v) is 15.2. The predicted octanol–water partition coefficient (Wildman–Crippen LogP) is 8.26. The third-order valence-corrected chi connectivity index (χ3v) is 12.8. The molecule has 0 amide bonds. The number of hydrogen-bond acceptors (Lipinski definition) is 0. The quantitative estimate of drug-likeness (QED) is 0.310. The van der Waals surface area contributed by atoms with Crippen LogP contribution in [0.5, 0.6) is 0 Å². The predicted molar refractivity (Wildman–Crippen MR) is 126 cm³/mol. The van der Waals surface area contributed by atoms with Crippen molar-refractivity contribution in [3.63, 3.8) is 0 Å². The summed E-state index contributed by atoms with van der Waals surface area (Å²) >= 11 is 9.85. The molecule has 0 unspecified atom stereocenters. The third kappa shape index (κ3) is 5.28. The minimum atomic E-state index is -1.68. The number of halogens is 2. The molecule has 0 aliphatic carbocycles. The fourth-order valence-electron chi connectivity index (χ4n) is 4.22. The maximum absolute atomic E-state index is 6.33. The van der Waals surface area contributed by atoms with E-state index in [2.05, 4.69) is 99.3 Å². The molecular formula is C24H30BrClSi-. The van der Waals surface area contributed by atoms with Gasteiger partial charge in [-0.05, 0) is 47.9 Å². The Hall–Kier alpha value is -1.01. The van der Waals surface area contributed by atoms with Gasteiger partial charge in [0.15, 0.2) is 0 Å². The molecule has 0 saturated carbocycles. The largest absolute Gasteiger partial charge is 0.278 e. The molecule has 0 radical (unpaired) electrons. The third-order valence-electron chi connectivity index (χ3n) is 5.65. The van der Waals surface area contributed by atoms with Crippen LogP contribution in [-0.2, 0) is 6.42 Å². The Bertz CT molecular complexity index is 804. The molecule has 0 aromatic heterocycles. The van der Waals surface area contributed by atoms with Gasteiger partial charge in [-0.2, -0.15) is 0 Å². The normalized spacial score (nSPS) is 11.8. The van der Waals surface area contributed by atoms with Gasteiger partial charge in [0.2, 0.25) is 0 Å². The van der Waals surface area contributed by atoms with E-state index >= 15 is 0 Å². The van der Waals surface area contributed by atoms with E-state index in [1.54, 1.807) is 0 Å². The van der Waals surface area contributed by atoms with Crippen LogP contribution in [0.3, 0.4) is 0 Å². The molecule has 0 nitrogen and oxygen atoms in total. The Labute approximate surface area is 179 Å². The van der Waals surface area contributed by atoms with E-state index in [4.69, 9.17) is 11.6 Å². The molecule has 0 aliphatic rings. The minimum absolute atomic E-state index is 0.656. The summed E-state index contributed by atoms with van der Waals surface area (Å²) in [6, 6.07) is 14.6. The first-order valence-electron chi connectivity index (χ1n) is 9.72. The van der Waals surface area contributed by atoms with Gasteiger partial charge in [-0.1, -0.05) is 89.3 Å². The lowest BCUT2D eigenvalue weighted by Crippen LogP contribution is -2.43. The highest BCUT2D eigenvalue weighted by Gasteiger charge is 2.28. The highest BCUT2D eigenvalue weighted by atomic mass is 79.9. The fourth-order valence-corrected chi connectivity index (χ4v) is 10.0. The molecule has 145 valence electrons. The van der Waals surface area contributed by atoms with Crippen molar-refractivity contribution in [1.29, 1.82) is 0 Å². The summed E-state index contributed by atoms with van der Waals surface area (Å²) in [6.45, 7) is 14.1. The molecular weight excluding hydrogens is 432 g/mol. The first kappa shape index (κ1) is 22.3. The zero-order chi connectivity index (χ0) is 20.2. The van der Waals surface area contributed by atoms with E-state index in [0.717, 1.165) is 27.0 Å². The van der Waals surface area contributed by atoms with Gasteiger partial charge in [0.25, 0.3) is 0 Å². The van der Waals surface area contributed by atoms with Crippen molar-refractivity contribution >= 4 is 35.6 Å². The van der Waals surface area contributed by atoms with Gasteiger partial charge in [0, 0.05) is 15.1 Å². The molecule has 0 atom stereocenters. The molecule has 0 saturated heterocycles. The molecule has 2 rings (SSSR count). The zero-order valence-electron chi connectivity index (χ0n) is 17.2. The van der Waals surface area contributed by atoms with E-state index in [9.17, 15) is 0 Å². The van der Waals surface area contributed by atoms with Gasteiger partial charge < -0.3 is 0 Å². The second kappa shape index (κ2) is 9.46. The lowest BCUT2D eigenvalue weighted by molar-refractivity contribution is 0.838. The molecule has 0 aliphatic heterocycles. The van der Waals surface area contributed by atoms with Gasteiger partial charge in [-0.3, -0.25) is 5.54 Å². The van der Waals surface area contributed by atoms with Crippen molar-refractivity contribution < 1.29 is 0 Å². The van der Waals surface area contributed by atoms with Crippen molar-refractivity contribution in [2.24, 2.45) is 0 Å². The van der Waals surface area contributed by atoms with Gasteiger partial charge in [-0.15, -0.1) is 22.5 Å². The molecule has 0 bridgehead atoms. The van der Waals surface area contributed by atoms with E-state index < -0.39 is 8.07 Å². The standard InChI is InChI=1S/C24H30BrClSi/c1-17(2)27(18(3)4,19(5)6)14-13-20-7-9-21(10-8-20)15-22-16-23(25)11-12-24(22)26/h7-12,16-19H,15H2,1-6H3/q-1. The van der Waals surface area contributed by atoms with Crippen LogP contribution < -0.4 is 0 Å². The Kier molecular flexibility index (Phi) is 7.80. The first-order chi connectivity index (χ1) is 12.7. The topological polar surface area (TPSA) is 0 Å². The SMILES string of the molecule is CC(C)[Si-](C#Cc1ccc(Cc2cc(Br)ccc2Cl)cc1)(C(C)C)C(C)C. The molecule has 0 spiro atoms. The van der Waals surface area contributed by atoms with Crippen LogP contribution in [0.1, 0.15) is 58.2 Å². The maximum Gasteiger partial charge on any atom is 0.0442 e. The van der Waals surface area contributed by atoms with Crippen molar-refractivity contribution in [3.8, 4) is 11.5 Å². The van der Waals surface area contributed by atoms with E-state index in [1.165, 1.54) is 5.56 Å².